The molecule has 1 amide bonds. The maximum absolute atomic E-state index is 11.3. The van der Waals surface area contributed by atoms with Gasteiger partial charge in [0.2, 0.25) is 5.91 Å². The van der Waals surface area contributed by atoms with Crippen LogP contribution in [-0.4, -0.2) is 31.7 Å². The fourth-order valence-electron chi connectivity index (χ4n) is 0.861. The fraction of sp³-hybridized carbons (Fsp3) is 0.700. The topological polar surface area (TPSA) is 64.3 Å². The number of carbonyl (C=O) groups excluding carboxylic acids is 1. The van der Waals surface area contributed by atoms with Crippen LogP contribution in [0.4, 0.5) is 0 Å². The van der Waals surface area contributed by atoms with Gasteiger partial charge in [-0.1, -0.05) is 6.08 Å². The molecule has 1 unspecified atom stereocenters. The summed E-state index contributed by atoms with van der Waals surface area (Å²) in [5.41, 5.74) is 5.30. The van der Waals surface area contributed by atoms with Gasteiger partial charge in [0.25, 0.3) is 0 Å². The highest BCUT2D eigenvalue weighted by atomic mass is 35.5. The third-order valence-electron chi connectivity index (χ3n) is 1.74. The van der Waals surface area contributed by atoms with Gasteiger partial charge in [-0.2, -0.15) is 0 Å². The highest BCUT2D eigenvalue weighted by Crippen LogP contribution is 1.93. The molecular formula is C10H21ClN2O2. The van der Waals surface area contributed by atoms with Crippen LogP contribution < -0.4 is 11.1 Å². The number of halogens is 1. The molecule has 0 spiro atoms. The summed E-state index contributed by atoms with van der Waals surface area (Å²) in [7, 11) is 0. The summed E-state index contributed by atoms with van der Waals surface area (Å²) < 4.78 is 5.26. The molecule has 0 rings (SSSR count). The highest BCUT2D eigenvalue weighted by molar-refractivity contribution is 5.85. The van der Waals surface area contributed by atoms with Crippen molar-refractivity contribution in [3.8, 4) is 0 Å². The van der Waals surface area contributed by atoms with Crippen LogP contribution in [0.15, 0.2) is 12.7 Å². The van der Waals surface area contributed by atoms with Crippen LogP contribution in [0, 0.1) is 0 Å². The van der Waals surface area contributed by atoms with Gasteiger partial charge in [0.05, 0.1) is 6.61 Å². The van der Waals surface area contributed by atoms with Crippen molar-refractivity contribution < 1.29 is 9.53 Å². The van der Waals surface area contributed by atoms with Crippen LogP contribution in [0.5, 0.6) is 0 Å². The Hall–Kier alpha value is -0.580. The van der Waals surface area contributed by atoms with Gasteiger partial charge in [0, 0.05) is 6.54 Å². The Morgan fingerprint density at radius 1 is 1.67 bits per heavy atom. The van der Waals surface area contributed by atoms with E-state index in [-0.39, 0.29) is 18.3 Å². The van der Waals surface area contributed by atoms with Gasteiger partial charge in [-0.25, -0.2) is 0 Å². The number of hydrogen-bond donors (Lipinski definition) is 2. The van der Waals surface area contributed by atoms with Crippen molar-refractivity contribution in [1.82, 2.24) is 5.32 Å². The zero-order chi connectivity index (χ0) is 10.8. The number of ether oxygens (including phenoxy) is 1. The normalized spacial score (nSPS) is 11.3. The lowest BCUT2D eigenvalue weighted by Crippen LogP contribution is -2.35. The Morgan fingerprint density at radius 2 is 2.33 bits per heavy atom. The molecule has 3 N–H and O–H groups in total. The summed E-state index contributed by atoms with van der Waals surface area (Å²) in [5.74, 6) is -0.0810. The molecule has 5 heteroatoms. The molecule has 4 nitrogen and oxygen atoms in total. The Balaban J connectivity index is 0. The predicted molar refractivity (Wildman–Crippen MR) is 64.2 cm³/mol. The minimum absolute atomic E-state index is 0. The first kappa shape index (κ1) is 16.8. The lowest BCUT2D eigenvalue weighted by atomic mass is 10.3. The Bertz CT molecular complexity index is 177. The van der Waals surface area contributed by atoms with Gasteiger partial charge >= 0.3 is 0 Å². The summed E-state index contributed by atoms with van der Waals surface area (Å²) in [6, 6.07) is 0. The summed E-state index contributed by atoms with van der Waals surface area (Å²) >= 11 is 0. The smallest absolute Gasteiger partial charge is 0.248 e. The van der Waals surface area contributed by atoms with Crippen LogP contribution in [-0.2, 0) is 9.53 Å². The van der Waals surface area contributed by atoms with Gasteiger partial charge in [-0.05, 0) is 26.3 Å². The molecule has 90 valence electrons. The maximum Gasteiger partial charge on any atom is 0.248 e. The van der Waals surface area contributed by atoms with E-state index < -0.39 is 6.10 Å². The number of nitrogens with one attached hydrogen (secondary N) is 1. The number of rotatable bonds is 8. The molecule has 0 aromatic rings. The van der Waals surface area contributed by atoms with Crippen LogP contribution >= 0.6 is 12.4 Å². The molecule has 0 saturated carbocycles. The molecule has 0 aliphatic carbocycles. The SMILES string of the molecule is C=CCCOC(C)C(=O)NCCCN.Cl. The third-order valence-corrected chi connectivity index (χ3v) is 1.74. The Kier molecular flexibility index (Phi) is 12.9. The number of hydrogen-bond acceptors (Lipinski definition) is 3. The van der Waals surface area contributed by atoms with Crippen LogP contribution in [0.25, 0.3) is 0 Å². The van der Waals surface area contributed by atoms with E-state index in [1.54, 1.807) is 13.0 Å². The Labute approximate surface area is 97.7 Å². The lowest BCUT2D eigenvalue weighted by molar-refractivity contribution is -0.131. The van der Waals surface area contributed by atoms with Crippen LogP contribution in [0.2, 0.25) is 0 Å². The molecule has 0 heterocycles. The minimum atomic E-state index is -0.396. The zero-order valence-electron chi connectivity index (χ0n) is 9.20. The highest BCUT2D eigenvalue weighted by Gasteiger charge is 2.11. The van der Waals surface area contributed by atoms with Gasteiger partial charge < -0.3 is 15.8 Å². The number of nitrogens with two attached hydrogens (primary N) is 1. The van der Waals surface area contributed by atoms with E-state index in [9.17, 15) is 4.79 Å². The first-order chi connectivity index (χ1) is 6.72. The van der Waals surface area contributed by atoms with Gasteiger partial charge in [0.1, 0.15) is 6.10 Å². The quantitative estimate of drug-likeness (QED) is 0.485. The number of amides is 1. The summed E-state index contributed by atoms with van der Waals surface area (Å²) in [4.78, 5) is 11.3. The molecule has 15 heavy (non-hydrogen) atoms. The largest absolute Gasteiger partial charge is 0.368 e. The van der Waals surface area contributed by atoms with Crippen molar-refractivity contribution >= 4 is 18.3 Å². The standard InChI is InChI=1S/C10H20N2O2.ClH/c1-3-4-8-14-9(2)10(13)12-7-5-6-11;/h3,9H,1,4-8,11H2,2H3,(H,12,13);1H. The number of carbonyl (C=O) groups is 1. The molecule has 1 atom stereocenters. The molecule has 0 aromatic heterocycles. The van der Waals surface area contributed by atoms with E-state index in [0.29, 0.717) is 19.7 Å². The van der Waals surface area contributed by atoms with Crippen molar-refractivity contribution in [3.63, 3.8) is 0 Å². The summed E-state index contributed by atoms with van der Waals surface area (Å²) in [6.45, 7) is 7.05. The van der Waals surface area contributed by atoms with E-state index in [0.717, 1.165) is 12.8 Å². The summed E-state index contributed by atoms with van der Waals surface area (Å²) in [6.07, 6.45) is 2.93. The van der Waals surface area contributed by atoms with E-state index in [1.165, 1.54) is 0 Å². The monoisotopic (exact) mass is 236 g/mol. The summed E-state index contributed by atoms with van der Waals surface area (Å²) in [5, 5.41) is 2.74. The molecule has 0 bridgehead atoms. The maximum atomic E-state index is 11.3. The van der Waals surface area contributed by atoms with Crippen molar-refractivity contribution in [1.29, 1.82) is 0 Å². The van der Waals surface area contributed by atoms with E-state index in [1.807, 2.05) is 0 Å². The minimum Gasteiger partial charge on any atom is -0.368 e. The molecule has 0 radical (unpaired) electrons. The van der Waals surface area contributed by atoms with Crippen molar-refractivity contribution in [2.75, 3.05) is 19.7 Å². The molecule has 0 aliphatic heterocycles. The van der Waals surface area contributed by atoms with Gasteiger partial charge in [0.15, 0.2) is 0 Å². The molecule has 0 aromatic carbocycles. The zero-order valence-corrected chi connectivity index (χ0v) is 10.0. The lowest BCUT2D eigenvalue weighted by Gasteiger charge is -2.12. The first-order valence-corrected chi connectivity index (χ1v) is 4.92. The molecular weight excluding hydrogens is 216 g/mol. The molecule has 0 saturated heterocycles. The van der Waals surface area contributed by atoms with E-state index >= 15 is 0 Å². The fourth-order valence-corrected chi connectivity index (χ4v) is 0.861. The second-order valence-corrected chi connectivity index (χ2v) is 3.02. The predicted octanol–water partition coefficient (Wildman–Crippen LogP) is 0.854. The first-order valence-electron chi connectivity index (χ1n) is 4.92. The van der Waals surface area contributed by atoms with Crippen molar-refractivity contribution in [2.24, 2.45) is 5.73 Å². The molecule has 0 fully saturated rings. The average Bonchev–Trinajstić information content (AvgIpc) is 2.18. The second kappa shape index (κ2) is 11.5. The van der Waals surface area contributed by atoms with Crippen LogP contribution in [0.1, 0.15) is 19.8 Å². The van der Waals surface area contributed by atoms with Crippen molar-refractivity contribution in [2.45, 2.75) is 25.9 Å². The molecule has 0 aliphatic rings. The Morgan fingerprint density at radius 3 is 2.87 bits per heavy atom. The third kappa shape index (κ3) is 9.72. The van der Waals surface area contributed by atoms with Gasteiger partial charge in [-0.3, -0.25) is 4.79 Å². The second-order valence-electron chi connectivity index (χ2n) is 3.02. The van der Waals surface area contributed by atoms with Crippen molar-refractivity contribution in [3.05, 3.63) is 12.7 Å². The van der Waals surface area contributed by atoms with Crippen LogP contribution in [0.3, 0.4) is 0 Å². The van der Waals surface area contributed by atoms with E-state index in [4.69, 9.17) is 10.5 Å². The average molecular weight is 237 g/mol. The van der Waals surface area contributed by atoms with E-state index in [2.05, 4.69) is 11.9 Å². The van der Waals surface area contributed by atoms with Gasteiger partial charge in [-0.15, -0.1) is 19.0 Å².